The number of aromatic nitrogens is 4. The Kier molecular flexibility index (Phi) is 4.78. The van der Waals surface area contributed by atoms with Crippen LogP contribution in [-0.2, 0) is 12.8 Å². The standard InChI is InChI=1S/C23H17BrN4O3/c1-31-16-5-2-13(3-6-16)8-20-25-11-14-9-19-22(23(29)30)26-12-28(19)18-7-4-15(24)10-17(18)21(14)27-20/h2-7,10-12H,8-9H2,1H3,(H,29,30). The van der Waals surface area contributed by atoms with Crippen LogP contribution in [0, 0.1) is 0 Å². The SMILES string of the molecule is COc1ccc(Cc2ncc3c(n2)-c2cc(Br)ccc2-n2cnc(C(=O)O)c2C3)cc1. The number of hydrogen-bond acceptors (Lipinski definition) is 5. The number of ether oxygens (including phenoxy) is 1. The Labute approximate surface area is 186 Å². The van der Waals surface area contributed by atoms with Crippen molar-refractivity contribution in [2.75, 3.05) is 7.11 Å². The van der Waals surface area contributed by atoms with E-state index in [1.54, 1.807) is 19.6 Å². The molecule has 2 aromatic heterocycles. The van der Waals surface area contributed by atoms with E-state index in [1.165, 1.54) is 0 Å². The Hall–Kier alpha value is -3.52. The monoisotopic (exact) mass is 476 g/mol. The zero-order valence-corrected chi connectivity index (χ0v) is 18.1. The van der Waals surface area contributed by atoms with Crippen molar-refractivity contribution in [3.63, 3.8) is 0 Å². The summed E-state index contributed by atoms with van der Waals surface area (Å²) in [6.45, 7) is 0. The lowest BCUT2D eigenvalue weighted by Gasteiger charge is -2.11. The number of benzene rings is 2. The quantitative estimate of drug-likeness (QED) is 0.415. The van der Waals surface area contributed by atoms with Crippen molar-refractivity contribution in [2.24, 2.45) is 0 Å². The average Bonchev–Trinajstić information content (AvgIpc) is 3.13. The molecule has 7 nitrogen and oxygen atoms in total. The minimum Gasteiger partial charge on any atom is -0.497 e. The van der Waals surface area contributed by atoms with Crippen molar-refractivity contribution in [1.82, 2.24) is 19.5 Å². The smallest absolute Gasteiger partial charge is 0.356 e. The van der Waals surface area contributed by atoms with Crippen molar-refractivity contribution in [3.05, 3.63) is 87.8 Å². The minimum absolute atomic E-state index is 0.0454. The van der Waals surface area contributed by atoms with Crippen LogP contribution in [0.1, 0.15) is 33.1 Å². The van der Waals surface area contributed by atoms with Crippen molar-refractivity contribution in [3.8, 4) is 22.7 Å². The number of imidazole rings is 1. The number of carboxylic acids is 1. The molecule has 5 rings (SSSR count). The highest BCUT2D eigenvalue weighted by molar-refractivity contribution is 9.10. The molecule has 0 atom stereocenters. The van der Waals surface area contributed by atoms with Gasteiger partial charge in [-0.05, 0) is 35.9 Å². The van der Waals surface area contributed by atoms with E-state index in [0.29, 0.717) is 24.4 Å². The summed E-state index contributed by atoms with van der Waals surface area (Å²) in [6, 6.07) is 13.7. The highest BCUT2D eigenvalue weighted by Gasteiger charge is 2.26. The molecule has 1 aliphatic rings. The maximum absolute atomic E-state index is 11.7. The highest BCUT2D eigenvalue weighted by Crippen LogP contribution is 2.36. The molecule has 2 aromatic carbocycles. The zero-order valence-electron chi connectivity index (χ0n) is 16.5. The second kappa shape index (κ2) is 7.63. The summed E-state index contributed by atoms with van der Waals surface area (Å²) in [4.78, 5) is 25.3. The van der Waals surface area contributed by atoms with Gasteiger partial charge in [-0.3, -0.25) is 0 Å². The topological polar surface area (TPSA) is 90.1 Å². The second-order valence-electron chi connectivity index (χ2n) is 7.24. The van der Waals surface area contributed by atoms with Crippen LogP contribution >= 0.6 is 15.9 Å². The Balaban J connectivity index is 1.63. The molecule has 0 bridgehead atoms. The number of nitrogens with zero attached hydrogens (tertiary/aromatic N) is 4. The molecule has 0 spiro atoms. The third-order valence-electron chi connectivity index (χ3n) is 5.34. The van der Waals surface area contributed by atoms with Gasteiger partial charge in [0, 0.05) is 34.6 Å². The number of carboxylic acid groups (broad SMARTS) is 1. The van der Waals surface area contributed by atoms with E-state index >= 15 is 0 Å². The molecule has 154 valence electrons. The normalized spacial score (nSPS) is 11.8. The van der Waals surface area contributed by atoms with Gasteiger partial charge < -0.3 is 14.4 Å². The summed E-state index contributed by atoms with van der Waals surface area (Å²) < 4.78 is 7.96. The van der Waals surface area contributed by atoms with Crippen molar-refractivity contribution < 1.29 is 14.6 Å². The van der Waals surface area contributed by atoms with Crippen LogP contribution in [0.25, 0.3) is 16.9 Å². The summed E-state index contributed by atoms with van der Waals surface area (Å²) in [5.41, 5.74) is 5.13. The number of methoxy groups -OCH3 is 1. The summed E-state index contributed by atoms with van der Waals surface area (Å²) in [7, 11) is 1.64. The lowest BCUT2D eigenvalue weighted by Crippen LogP contribution is -2.06. The molecule has 3 heterocycles. The summed E-state index contributed by atoms with van der Waals surface area (Å²) in [6.07, 6.45) is 4.31. The fourth-order valence-corrected chi connectivity index (χ4v) is 4.20. The first-order valence-electron chi connectivity index (χ1n) is 9.61. The van der Waals surface area contributed by atoms with Gasteiger partial charge in [-0.2, -0.15) is 0 Å². The number of fused-ring (bicyclic) bond motifs is 5. The molecule has 8 heteroatoms. The van der Waals surface area contributed by atoms with Gasteiger partial charge in [0.1, 0.15) is 17.9 Å². The molecule has 4 aromatic rings. The zero-order chi connectivity index (χ0) is 21.5. The van der Waals surface area contributed by atoms with Gasteiger partial charge in [-0.1, -0.05) is 28.1 Å². The minimum atomic E-state index is -1.05. The van der Waals surface area contributed by atoms with E-state index < -0.39 is 5.97 Å². The van der Waals surface area contributed by atoms with Gasteiger partial charge >= 0.3 is 5.97 Å². The van der Waals surface area contributed by atoms with Crippen molar-refractivity contribution in [2.45, 2.75) is 12.8 Å². The summed E-state index contributed by atoms with van der Waals surface area (Å²) in [5, 5.41) is 9.58. The van der Waals surface area contributed by atoms with E-state index in [1.807, 2.05) is 47.0 Å². The Morgan fingerprint density at radius 1 is 1.19 bits per heavy atom. The third kappa shape index (κ3) is 3.48. The molecule has 0 fully saturated rings. The first kappa shape index (κ1) is 19.4. The van der Waals surface area contributed by atoms with Gasteiger partial charge in [-0.15, -0.1) is 0 Å². The average molecular weight is 477 g/mol. The number of rotatable bonds is 4. The van der Waals surface area contributed by atoms with Crippen LogP contribution in [-0.4, -0.2) is 37.7 Å². The predicted molar refractivity (Wildman–Crippen MR) is 118 cm³/mol. The van der Waals surface area contributed by atoms with Gasteiger partial charge in [0.25, 0.3) is 0 Å². The fourth-order valence-electron chi connectivity index (χ4n) is 3.83. The van der Waals surface area contributed by atoms with Gasteiger partial charge in [0.2, 0.25) is 0 Å². The number of halogens is 1. The Morgan fingerprint density at radius 2 is 2.00 bits per heavy atom. The molecular formula is C23H17BrN4O3. The molecule has 0 unspecified atom stereocenters. The van der Waals surface area contributed by atoms with Crippen LogP contribution in [0.3, 0.4) is 0 Å². The molecule has 1 aliphatic heterocycles. The lowest BCUT2D eigenvalue weighted by molar-refractivity contribution is 0.0690. The summed E-state index contributed by atoms with van der Waals surface area (Å²) in [5.74, 6) is 0.445. The van der Waals surface area contributed by atoms with E-state index in [4.69, 9.17) is 9.72 Å². The molecule has 0 saturated carbocycles. The van der Waals surface area contributed by atoms with Gasteiger partial charge in [0.05, 0.1) is 24.2 Å². The first-order chi connectivity index (χ1) is 15.0. The lowest BCUT2D eigenvalue weighted by atomic mass is 10.0. The molecule has 0 radical (unpaired) electrons. The van der Waals surface area contributed by atoms with Crippen molar-refractivity contribution in [1.29, 1.82) is 0 Å². The van der Waals surface area contributed by atoms with E-state index in [9.17, 15) is 9.90 Å². The van der Waals surface area contributed by atoms with Gasteiger partial charge in [0.15, 0.2) is 5.69 Å². The molecule has 0 amide bonds. The molecule has 0 saturated heterocycles. The first-order valence-corrected chi connectivity index (χ1v) is 10.4. The van der Waals surface area contributed by atoms with Gasteiger partial charge in [-0.25, -0.2) is 19.7 Å². The number of aromatic carboxylic acids is 1. The molecule has 1 N–H and O–H groups in total. The largest absolute Gasteiger partial charge is 0.497 e. The highest BCUT2D eigenvalue weighted by atomic mass is 79.9. The fraction of sp³-hybridized carbons (Fsp3) is 0.130. The third-order valence-corrected chi connectivity index (χ3v) is 5.83. The predicted octanol–water partition coefficient (Wildman–Crippen LogP) is 4.29. The second-order valence-corrected chi connectivity index (χ2v) is 8.15. The van der Waals surface area contributed by atoms with Crippen LogP contribution in [0.4, 0.5) is 0 Å². The van der Waals surface area contributed by atoms with Crippen LogP contribution in [0.15, 0.2) is 59.5 Å². The maximum atomic E-state index is 11.7. The van der Waals surface area contributed by atoms with Crippen LogP contribution < -0.4 is 4.74 Å². The number of carbonyl (C=O) groups is 1. The van der Waals surface area contributed by atoms with E-state index in [-0.39, 0.29) is 5.69 Å². The van der Waals surface area contributed by atoms with Crippen molar-refractivity contribution >= 4 is 21.9 Å². The molecule has 0 aliphatic carbocycles. The Bertz CT molecular complexity index is 1320. The Morgan fingerprint density at radius 3 is 2.74 bits per heavy atom. The van der Waals surface area contributed by atoms with Crippen LogP contribution in [0.2, 0.25) is 0 Å². The van der Waals surface area contributed by atoms with E-state index in [0.717, 1.165) is 38.3 Å². The summed E-state index contributed by atoms with van der Waals surface area (Å²) >= 11 is 3.55. The maximum Gasteiger partial charge on any atom is 0.356 e. The number of hydrogen-bond donors (Lipinski definition) is 1. The molecule has 31 heavy (non-hydrogen) atoms. The van der Waals surface area contributed by atoms with Crippen LogP contribution in [0.5, 0.6) is 5.75 Å². The molecular weight excluding hydrogens is 460 g/mol. The van der Waals surface area contributed by atoms with E-state index in [2.05, 4.69) is 25.9 Å².